The normalized spacial score (nSPS) is 12.2. The highest BCUT2D eigenvalue weighted by atomic mass is 35.5. The molecule has 0 radical (unpaired) electrons. The smallest absolute Gasteiger partial charge is 0.417 e. The lowest BCUT2D eigenvalue weighted by Gasteiger charge is -2.07. The van der Waals surface area contributed by atoms with Gasteiger partial charge in [-0.05, 0) is 29.8 Å². The summed E-state index contributed by atoms with van der Waals surface area (Å²) in [6.07, 6.45) is -3.94. The lowest BCUT2D eigenvalue weighted by molar-refractivity contribution is -0.137. The predicted molar refractivity (Wildman–Crippen MR) is 113 cm³/mol. The number of aromatic hydroxyl groups is 1. The third-order valence-electron chi connectivity index (χ3n) is 4.57. The van der Waals surface area contributed by atoms with Gasteiger partial charge in [0.1, 0.15) is 0 Å². The van der Waals surface area contributed by atoms with Crippen molar-refractivity contribution < 1.29 is 18.3 Å². The molecular formula is C21H13Cl2F3N4O. The first-order valence-corrected chi connectivity index (χ1v) is 9.69. The Kier molecular flexibility index (Phi) is 5.60. The third-order valence-corrected chi connectivity index (χ3v) is 5.10. The SMILES string of the molecule is Oc1c(N=Nc2ncc(C(F)(F)F)cc2Cl)c2ccccc2n1Cc1ccc(Cl)cc1. The maximum Gasteiger partial charge on any atom is 0.417 e. The fraction of sp³-hybridized carbons (Fsp3) is 0.0952. The number of nitrogens with zero attached hydrogens (tertiary/aromatic N) is 4. The molecule has 0 saturated carbocycles. The second kappa shape index (κ2) is 8.20. The van der Waals surface area contributed by atoms with E-state index in [2.05, 4.69) is 15.2 Å². The Balaban J connectivity index is 1.73. The molecule has 2 aromatic heterocycles. The summed E-state index contributed by atoms with van der Waals surface area (Å²) in [6.45, 7) is 0.346. The Hall–Kier alpha value is -3.10. The van der Waals surface area contributed by atoms with Crippen LogP contribution in [0.1, 0.15) is 11.1 Å². The van der Waals surface area contributed by atoms with Crippen LogP contribution in [0.25, 0.3) is 10.9 Å². The molecule has 0 bridgehead atoms. The molecule has 158 valence electrons. The summed E-state index contributed by atoms with van der Waals surface area (Å²) in [6, 6.07) is 15.1. The molecule has 0 fully saturated rings. The second-order valence-corrected chi connectivity index (χ2v) is 7.47. The van der Waals surface area contributed by atoms with E-state index in [9.17, 15) is 18.3 Å². The van der Waals surface area contributed by atoms with Gasteiger partial charge in [-0.25, -0.2) is 4.98 Å². The Morgan fingerprint density at radius 3 is 2.39 bits per heavy atom. The number of azo groups is 1. The molecule has 31 heavy (non-hydrogen) atoms. The van der Waals surface area contributed by atoms with Crippen molar-refractivity contribution in [1.82, 2.24) is 9.55 Å². The molecule has 4 rings (SSSR count). The zero-order chi connectivity index (χ0) is 22.2. The van der Waals surface area contributed by atoms with Crippen molar-refractivity contribution in [1.29, 1.82) is 0 Å². The second-order valence-electron chi connectivity index (χ2n) is 6.63. The minimum absolute atomic E-state index is 0.150. The number of para-hydroxylation sites is 1. The number of rotatable bonds is 4. The molecule has 2 heterocycles. The fourth-order valence-corrected chi connectivity index (χ4v) is 3.39. The lowest BCUT2D eigenvalue weighted by atomic mass is 10.2. The standard InChI is InChI=1S/C21H13Cl2F3N4O/c22-14-7-5-12(6-8-14)11-30-17-4-2-1-3-15(17)18(20(30)31)28-29-19-16(23)9-13(10-27-19)21(24,25)26/h1-10,31H,11H2. The van der Waals surface area contributed by atoms with E-state index >= 15 is 0 Å². The van der Waals surface area contributed by atoms with Gasteiger partial charge in [-0.2, -0.15) is 13.2 Å². The zero-order valence-electron chi connectivity index (χ0n) is 15.6. The van der Waals surface area contributed by atoms with Gasteiger partial charge in [0.05, 0.1) is 22.6 Å². The van der Waals surface area contributed by atoms with Crippen molar-refractivity contribution in [3.8, 4) is 5.88 Å². The van der Waals surface area contributed by atoms with Crippen LogP contribution < -0.4 is 0 Å². The minimum Gasteiger partial charge on any atom is -0.493 e. The van der Waals surface area contributed by atoms with E-state index in [4.69, 9.17) is 23.2 Å². The molecule has 2 aromatic carbocycles. The summed E-state index contributed by atoms with van der Waals surface area (Å²) in [5.41, 5.74) is 0.771. The third kappa shape index (κ3) is 4.35. The van der Waals surface area contributed by atoms with Crippen LogP contribution in [0.15, 0.2) is 71.0 Å². The van der Waals surface area contributed by atoms with Crippen molar-refractivity contribution in [2.45, 2.75) is 12.7 Å². The molecule has 0 aliphatic rings. The summed E-state index contributed by atoms with van der Waals surface area (Å²) >= 11 is 11.8. The van der Waals surface area contributed by atoms with E-state index in [-0.39, 0.29) is 22.4 Å². The first-order chi connectivity index (χ1) is 14.7. The minimum atomic E-state index is -4.57. The van der Waals surface area contributed by atoms with Gasteiger partial charge in [-0.15, -0.1) is 10.2 Å². The molecule has 5 nitrogen and oxygen atoms in total. The van der Waals surface area contributed by atoms with Crippen LogP contribution in [0.2, 0.25) is 10.0 Å². The number of benzene rings is 2. The molecule has 0 atom stereocenters. The van der Waals surface area contributed by atoms with E-state index in [1.807, 2.05) is 24.3 Å². The van der Waals surface area contributed by atoms with Crippen LogP contribution in [0.5, 0.6) is 5.88 Å². The first kappa shape index (κ1) is 21.1. The van der Waals surface area contributed by atoms with Crippen molar-refractivity contribution >= 4 is 45.6 Å². The highest BCUT2D eigenvalue weighted by Gasteiger charge is 2.31. The number of halogens is 5. The molecule has 4 aromatic rings. The van der Waals surface area contributed by atoms with Gasteiger partial charge in [0.25, 0.3) is 0 Å². The molecule has 0 amide bonds. The summed E-state index contributed by atoms with van der Waals surface area (Å²) in [5, 5.41) is 19.6. The van der Waals surface area contributed by atoms with Gasteiger partial charge < -0.3 is 9.67 Å². The maximum atomic E-state index is 12.8. The number of hydrogen-bond donors (Lipinski definition) is 1. The van der Waals surface area contributed by atoms with Crippen LogP contribution in [0.3, 0.4) is 0 Å². The van der Waals surface area contributed by atoms with E-state index in [0.717, 1.165) is 11.6 Å². The van der Waals surface area contributed by atoms with Gasteiger partial charge in [0.15, 0.2) is 11.5 Å². The number of fused-ring (bicyclic) bond motifs is 1. The van der Waals surface area contributed by atoms with Gasteiger partial charge in [-0.3, -0.25) is 0 Å². The van der Waals surface area contributed by atoms with Gasteiger partial charge in [0, 0.05) is 16.6 Å². The van der Waals surface area contributed by atoms with Crippen molar-refractivity contribution in [3.05, 3.63) is 82.0 Å². The number of hydrogen-bond acceptors (Lipinski definition) is 4. The largest absolute Gasteiger partial charge is 0.493 e. The highest BCUT2D eigenvalue weighted by Crippen LogP contribution is 2.40. The Morgan fingerprint density at radius 2 is 1.71 bits per heavy atom. The first-order valence-electron chi connectivity index (χ1n) is 8.93. The topological polar surface area (TPSA) is 62.8 Å². The van der Waals surface area contributed by atoms with Crippen LogP contribution >= 0.6 is 23.2 Å². The molecule has 0 aliphatic heterocycles. The maximum absolute atomic E-state index is 12.8. The van der Waals surface area contributed by atoms with E-state index in [1.165, 1.54) is 0 Å². The number of pyridine rings is 1. The Bertz CT molecular complexity index is 1280. The Labute approximate surface area is 184 Å². The number of aromatic nitrogens is 2. The van der Waals surface area contributed by atoms with Crippen molar-refractivity contribution in [2.24, 2.45) is 10.2 Å². The predicted octanol–water partition coefficient (Wildman–Crippen LogP) is 7.53. The van der Waals surface area contributed by atoms with Gasteiger partial charge >= 0.3 is 6.18 Å². The molecule has 1 N–H and O–H groups in total. The van der Waals surface area contributed by atoms with Crippen LogP contribution in [0.4, 0.5) is 24.7 Å². The molecule has 0 saturated heterocycles. The van der Waals surface area contributed by atoms with Crippen LogP contribution in [0, 0.1) is 0 Å². The van der Waals surface area contributed by atoms with Gasteiger partial charge in [-0.1, -0.05) is 53.5 Å². The van der Waals surface area contributed by atoms with Crippen molar-refractivity contribution in [2.75, 3.05) is 0 Å². The van der Waals surface area contributed by atoms with E-state index < -0.39 is 11.7 Å². The highest BCUT2D eigenvalue weighted by molar-refractivity contribution is 6.32. The average Bonchev–Trinajstić information content (AvgIpc) is 2.99. The summed E-state index contributed by atoms with van der Waals surface area (Å²) in [7, 11) is 0. The fourth-order valence-electron chi connectivity index (χ4n) is 3.06. The summed E-state index contributed by atoms with van der Waals surface area (Å²) < 4.78 is 40.0. The van der Waals surface area contributed by atoms with E-state index in [1.54, 1.807) is 28.8 Å². The van der Waals surface area contributed by atoms with Crippen molar-refractivity contribution in [3.63, 3.8) is 0 Å². The van der Waals surface area contributed by atoms with Gasteiger partial charge in [0.2, 0.25) is 5.88 Å². The van der Waals surface area contributed by atoms with Crippen LogP contribution in [-0.2, 0) is 12.7 Å². The number of alkyl halides is 3. The molecule has 0 unspecified atom stereocenters. The zero-order valence-corrected chi connectivity index (χ0v) is 17.1. The molecule has 10 heteroatoms. The molecule has 0 spiro atoms. The summed E-state index contributed by atoms with van der Waals surface area (Å²) in [5.74, 6) is -0.341. The lowest BCUT2D eigenvalue weighted by Crippen LogP contribution is -2.05. The molecule has 0 aliphatic carbocycles. The molecular weight excluding hydrogens is 452 g/mol. The van der Waals surface area contributed by atoms with Crippen LogP contribution in [-0.4, -0.2) is 14.7 Å². The quantitative estimate of drug-likeness (QED) is 0.317. The average molecular weight is 465 g/mol. The summed E-state index contributed by atoms with van der Waals surface area (Å²) in [4.78, 5) is 3.64. The monoisotopic (exact) mass is 464 g/mol. The Morgan fingerprint density at radius 1 is 1.00 bits per heavy atom. The van der Waals surface area contributed by atoms with E-state index in [0.29, 0.717) is 28.7 Å².